The first-order chi connectivity index (χ1) is 8.43. The monoisotopic (exact) mass is 249 g/mol. The molecule has 1 aromatic carbocycles. The lowest BCUT2D eigenvalue weighted by Gasteiger charge is -2.10. The van der Waals surface area contributed by atoms with Crippen LogP contribution in [-0.4, -0.2) is 24.1 Å². The van der Waals surface area contributed by atoms with Gasteiger partial charge in [-0.1, -0.05) is 6.07 Å². The van der Waals surface area contributed by atoms with Gasteiger partial charge < -0.3 is 15.2 Å². The molecular weight excluding hydrogens is 234 g/mol. The van der Waals surface area contributed by atoms with Crippen molar-refractivity contribution in [1.29, 1.82) is 0 Å². The predicted molar refractivity (Wildman–Crippen MR) is 67.8 cm³/mol. The number of aryl methyl sites for hydroxylation is 1. The van der Waals surface area contributed by atoms with Crippen LogP contribution >= 0.6 is 0 Å². The number of aliphatic carboxylic acids is 1. The zero-order valence-electron chi connectivity index (χ0n) is 10.5. The Hall–Kier alpha value is -2.30. The summed E-state index contributed by atoms with van der Waals surface area (Å²) in [6.45, 7) is 3.32. The number of hydrogen-bond donors (Lipinski definition) is 2. The summed E-state index contributed by atoms with van der Waals surface area (Å²) in [7, 11) is 1.50. The van der Waals surface area contributed by atoms with Crippen LogP contribution in [0.2, 0.25) is 0 Å². The number of carbonyl (C=O) groups is 2. The first-order valence-corrected chi connectivity index (χ1v) is 5.31. The van der Waals surface area contributed by atoms with E-state index in [0.29, 0.717) is 11.4 Å². The van der Waals surface area contributed by atoms with Gasteiger partial charge in [-0.2, -0.15) is 0 Å². The summed E-state index contributed by atoms with van der Waals surface area (Å²) in [4.78, 5) is 22.2. The molecule has 0 radical (unpaired) electrons. The molecule has 0 bridgehead atoms. The number of rotatable bonds is 4. The molecule has 0 aliphatic heterocycles. The molecule has 5 heteroatoms. The zero-order chi connectivity index (χ0) is 13.7. The number of amides is 1. The van der Waals surface area contributed by atoms with E-state index in [1.807, 2.05) is 13.0 Å². The van der Waals surface area contributed by atoms with Crippen molar-refractivity contribution in [2.45, 2.75) is 13.8 Å². The molecule has 1 amide bonds. The normalized spacial score (nSPS) is 10.9. The molecule has 1 aromatic rings. The van der Waals surface area contributed by atoms with Crippen molar-refractivity contribution >= 4 is 17.6 Å². The lowest BCUT2D eigenvalue weighted by molar-refractivity contribution is -0.131. The van der Waals surface area contributed by atoms with E-state index in [1.54, 1.807) is 12.1 Å². The van der Waals surface area contributed by atoms with Crippen molar-refractivity contribution in [3.63, 3.8) is 0 Å². The van der Waals surface area contributed by atoms with Gasteiger partial charge in [-0.25, -0.2) is 4.79 Å². The minimum Gasteiger partial charge on any atom is -0.495 e. The zero-order valence-corrected chi connectivity index (χ0v) is 10.5. The summed E-state index contributed by atoms with van der Waals surface area (Å²) in [6, 6.07) is 5.35. The molecule has 0 atom stereocenters. The Morgan fingerprint density at radius 3 is 2.61 bits per heavy atom. The van der Waals surface area contributed by atoms with Gasteiger partial charge in [0.15, 0.2) is 0 Å². The molecule has 0 aromatic heterocycles. The van der Waals surface area contributed by atoms with Gasteiger partial charge in [-0.05, 0) is 31.5 Å². The fraction of sp³-hybridized carbons (Fsp3) is 0.231. The predicted octanol–water partition coefficient (Wildman–Crippen LogP) is 1.97. The van der Waals surface area contributed by atoms with Crippen molar-refractivity contribution in [3.8, 4) is 5.75 Å². The summed E-state index contributed by atoms with van der Waals surface area (Å²) in [5.74, 6) is -1.10. The van der Waals surface area contributed by atoms with Crippen molar-refractivity contribution in [3.05, 3.63) is 35.4 Å². The molecular formula is C13H15NO4. The van der Waals surface area contributed by atoms with Crippen LogP contribution in [-0.2, 0) is 9.59 Å². The highest BCUT2D eigenvalue weighted by Crippen LogP contribution is 2.25. The second kappa shape index (κ2) is 5.86. The molecule has 0 aliphatic rings. The number of benzene rings is 1. The van der Waals surface area contributed by atoms with Crippen LogP contribution < -0.4 is 10.1 Å². The number of carbonyl (C=O) groups excluding carboxylic acids is 1. The molecule has 0 saturated heterocycles. The average Bonchev–Trinajstić information content (AvgIpc) is 2.28. The third kappa shape index (κ3) is 3.62. The Labute approximate surface area is 105 Å². The number of ether oxygens (including phenoxy) is 1. The first kappa shape index (κ1) is 13.8. The highest BCUT2D eigenvalue weighted by Gasteiger charge is 2.10. The molecule has 0 unspecified atom stereocenters. The van der Waals surface area contributed by atoms with Gasteiger partial charge in [0.25, 0.3) is 5.91 Å². The van der Waals surface area contributed by atoms with E-state index in [9.17, 15) is 9.59 Å². The minimum absolute atomic E-state index is 0.117. The summed E-state index contributed by atoms with van der Waals surface area (Å²) >= 11 is 0. The molecule has 1 rings (SSSR count). The molecule has 18 heavy (non-hydrogen) atoms. The van der Waals surface area contributed by atoms with Crippen LogP contribution in [0.4, 0.5) is 5.69 Å². The molecule has 2 N–H and O–H groups in total. The smallest absolute Gasteiger partial charge is 0.328 e. The van der Waals surface area contributed by atoms with Gasteiger partial charge in [-0.15, -0.1) is 0 Å². The number of carboxylic acids is 1. The van der Waals surface area contributed by atoms with Crippen molar-refractivity contribution in [1.82, 2.24) is 0 Å². The maximum Gasteiger partial charge on any atom is 0.328 e. The van der Waals surface area contributed by atoms with Crippen molar-refractivity contribution in [2.24, 2.45) is 0 Å². The standard InChI is InChI=1S/C13H15NO4/c1-8-4-5-11(18-3)10(6-8)14-13(17)9(2)7-12(15)16/h4-7H,1-3H3,(H,14,17)(H,15,16)/b9-7-. The lowest BCUT2D eigenvalue weighted by Crippen LogP contribution is -2.14. The van der Waals surface area contributed by atoms with Gasteiger partial charge in [0.2, 0.25) is 0 Å². The minimum atomic E-state index is -1.15. The third-order valence-corrected chi connectivity index (χ3v) is 2.30. The van der Waals surface area contributed by atoms with Gasteiger partial charge in [0, 0.05) is 11.6 Å². The van der Waals surface area contributed by atoms with Crippen LogP contribution in [0.3, 0.4) is 0 Å². The maximum atomic E-state index is 11.7. The van der Waals surface area contributed by atoms with Crippen LogP contribution in [0.5, 0.6) is 5.75 Å². The van der Waals surface area contributed by atoms with E-state index in [4.69, 9.17) is 9.84 Å². The fourth-order valence-electron chi connectivity index (χ4n) is 1.39. The Morgan fingerprint density at radius 1 is 1.39 bits per heavy atom. The SMILES string of the molecule is COc1ccc(C)cc1NC(=O)/C(C)=C\C(=O)O. The summed E-state index contributed by atoms with van der Waals surface area (Å²) in [5.41, 5.74) is 1.60. The summed E-state index contributed by atoms with van der Waals surface area (Å²) in [5, 5.41) is 11.2. The first-order valence-electron chi connectivity index (χ1n) is 5.31. The largest absolute Gasteiger partial charge is 0.495 e. The van der Waals surface area contributed by atoms with Crippen LogP contribution in [0.15, 0.2) is 29.8 Å². The topological polar surface area (TPSA) is 75.6 Å². The molecule has 0 saturated carbocycles. The lowest BCUT2D eigenvalue weighted by atomic mass is 10.2. The number of carboxylic acid groups (broad SMARTS) is 1. The van der Waals surface area contributed by atoms with Crippen molar-refractivity contribution in [2.75, 3.05) is 12.4 Å². The van der Waals surface area contributed by atoms with Gasteiger partial charge >= 0.3 is 5.97 Å². The van der Waals surface area contributed by atoms with Gasteiger partial charge in [-0.3, -0.25) is 4.79 Å². The van der Waals surface area contributed by atoms with Crippen LogP contribution in [0.25, 0.3) is 0 Å². The van der Waals surface area contributed by atoms with Crippen molar-refractivity contribution < 1.29 is 19.4 Å². The van der Waals surface area contributed by atoms with Gasteiger partial charge in [0.1, 0.15) is 5.75 Å². The molecule has 0 fully saturated rings. The number of nitrogens with one attached hydrogen (secondary N) is 1. The van der Waals surface area contributed by atoms with E-state index in [0.717, 1.165) is 11.6 Å². The Balaban J connectivity index is 2.94. The van der Waals surface area contributed by atoms with E-state index in [2.05, 4.69) is 5.32 Å². The second-order valence-electron chi connectivity index (χ2n) is 3.82. The maximum absolute atomic E-state index is 11.7. The molecule has 5 nitrogen and oxygen atoms in total. The van der Waals surface area contributed by atoms with Crippen LogP contribution in [0.1, 0.15) is 12.5 Å². The average molecular weight is 249 g/mol. The quantitative estimate of drug-likeness (QED) is 0.800. The fourth-order valence-corrected chi connectivity index (χ4v) is 1.39. The Kier molecular flexibility index (Phi) is 4.48. The third-order valence-electron chi connectivity index (χ3n) is 2.30. The molecule has 0 heterocycles. The highest BCUT2D eigenvalue weighted by atomic mass is 16.5. The molecule has 96 valence electrons. The number of hydrogen-bond acceptors (Lipinski definition) is 3. The number of anilines is 1. The molecule has 0 aliphatic carbocycles. The molecule has 0 spiro atoms. The summed E-state index contributed by atoms with van der Waals surface area (Å²) in [6.07, 6.45) is 0.859. The number of methoxy groups -OCH3 is 1. The van der Waals surface area contributed by atoms with Crippen LogP contribution in [0, 0.1) is 6.92 Å². The van der Waals surface area contributed by atoms with E-state index < -0.39 is 11.9 Å². The van der Waals surface area contributed by atoms with Gasteiger partial charge in [0.05, 0.1) is 12.8 Å². The van der Waals surface area contributed by atoms with E-state index >= 15 is 0 Å². The second-order valence-corrected chi connectivity index (χ2v) is 3.82. The van der Waals surface area contributed by atoms with E-state index in [1.165, 1.54) is 14.0 Å². The Morgan fingerprint density at radius 2 is 2.06 bits per heavy atom. The Bertz CT molecular complexity index is 506. The van der Waals surface area contributed by atoms with E-state index in [-0.39, 0.29) is 5.57 Å². The highest BCUT2D eigenvalue weighted by molar-refractivity contribution is 6.06. The summed E-state index contributed by atoms with van der Waals surface area (Å²) < 4.78 is 5.11.